The zero-order chi connectivity index (χ0) is 17.3. The summed E-state index contributed by atoms with van der Waals surface area (Å²) in [5.74, 6) is 1.78. The van der Waals surface area contributed by atoms with Crippen molar-refractivity contribution in [1.82, 2.24) is 10.2 Å². The van der Waals surface area contributed by atoms with Gasteiger partial charge in [-0.3, -0.25) is 4.79 Å². The molecule has 0 radical (unpaired) electrons. The van der Waals surface area contributed by atoms with Crippen LogP contribution in [0.1, 0.15) is 86.5 Å². The first-order valence-electron chi connectivity index (χ1n) is 9.72. The normalized spacial score (nSPS) is 25.1. The lowest BCUT2D eigenvalue weighted by molar-refractivity contribution is -0.136. The first-order chi connectivity index (χ1) is 10.6. The molecule has 23 heavy (non-hydrogen) atoms. The maximum atomic E-state index is 13.0. The summed E-state index contributed by atoms with van der Waals surface area (Å²) < 4.78 is 0. The van der Waals surface area contributed by atoms with Gasteiger partial charge < -0.3 is 10.2 Å². The van der Waals surface area contributed by atoms with E-state index in [-0.39, 0.29) is 11.1 Å². The third kappa shape index (κ3) is 5.48. The van der Waals surface area contributed by atoms with Crippen molar-refractivity contribution in [3.05, 3.63) is 0 Å². The van der Waals surface area contributed by atoms with Crippen LogP contribution < -0.4 is 5.32 Å². The number of carbonyl (C=O) groups excluding carboxylic acids is 1. The van der Waals surface area contributed by atoms with E-state index in [0.29, 0.717) is 17.9 Å². The van der Waals surface area contributed by atoms with Crippen LogP contribution in [0.2, 0.25) is 0 Å². The van der Waals surface area contributed by atoms with Crippen LogP contribution in [0.15, 0.2) is 0 Å². The van der Waals surface area contributed by atoms with E-state index in [1.54, 1.807) is 0 Å². The number of rotatable bonds is 7. The molecular weight excluding hydrogens is 284 g/mol. The molecule has 1 heterocycles. The number of nitrogens with zero attached hydrogens (tertiary/aromatic N) is 1. The summed E-state index contributed by atoms with van der Waals surface area (Å²) >= 11 is 0. The van der Waals surface area contributed by atoms with Crippen LogP contribution in [0.3, 0.4) is 0 Å². The Hall–Kier alpha value is -0.570. The molecule has 0 aromatic rings. The Kier molecular flexibility index (Phi) is 5.81. The summed E-state index contributed by atoms with van der Waals surface area (Å²) in [5, 5.41) is 3.74. The van der Waals surface area contributed by atoms with Gasteiger partial charge in [-0.25, -0.2) is 0 Å². The number of hydrogen-bond acceptors (Lipinski definition) is 2. The average molecular weight is 323 g/mol. The van der Waals surface area contributed by atoms with Gasteiger partial charge >= 0.3 is 0 Å². The molecule has 1 saturated carbocycles. The first kappa shape index (κ1) is 18.8. The van der Waals surface area contributed by atoms with Crippen LogP contribution in [0, 0.1) is 11.8 Å². The van der Waals surface area contributed by atoms with Gasteiger partial charge in [-0.2, -0.15) is 0 Å². The second-order valence-corrected chi connectivity index (χ2v) is 9.41. The van der Waals surface area contributed by atoms with Crippen LogP contribution in [0.25, 0.3) is 0 Å². The van der Waals surface area contributed by atoms with Crippen molar-refractivity contribution in [1.29, 1.82) is 0 Å². The molecule has 1 unspecified atom stereocenters. The summed E-state index contributed by atoms with van der Waals surface area (Å²) in [6.45, 7) is 14.5. The van der Waals surface area contributed by atoms with Gasteiger partial charge in [-0.15, -0.1) is 0 Å². The lowest BCUT2D eigenvalue weighted by atomic mass is 9.78. The van der Waals surface area contributed by atoms with Gasteiger partial charge in [-0.05, 0) is 71.6 Å². The topological polar surface area (TPSA) is 32.3 Å². The molecule has 3 nitrogen and oxygen atoms in total. The molecule has 1 aliphatic heterocycles. The molecule has 1 aliphatic carbocycles. The fourth-order valence-corrected chi connectivity index (χ4v) is 4.55. The molecule has 1 atom stereocenters. The predicted molar refractivity (Wildman–Crippen MR) is 97.4 cm³/mol. The van der Waals surface area contributed by atoms with Crippen molar-refractivity contribution in [3.8, 4) is 0 Å². The van der Waals surface area contributed by atoms with Crippen molar-refractivity contribution >= 4 is 5.91 Å². The van der Waals surface area contributed by atoms with Gasteiger partial charge in [0.2, 0.25) is 5.91 Å². The summed E-state index contributed by atoms with van der Waals surface area (Å²) in [6.07, 6.45) is 7.80. The van der Waals surface area contributed by atoms with E-state index in [4.69, 9.17) is 0 Å². The van der Waals surface area contributed by atoms with E-state index >= 15 is 0 Å². The Labute approximate surface area is 143 Å². The van der Waals surface area contributed by atoms with Crippen LogP contribution in [-0.4, -0.2) is 34.5 Å². The van der Waals surface area contributed by atoms with E-state index in [0.717, 1.165) is 44.6 Å². The van der Waals surface area contributed by atoms with Gasteiger partial charge in [0.05, 0.1) is 0 Å². The maximum absolute atomic E-state index is 13.0. The molecule has 0 bridgehead atoms. The fraction of sp³-hybridized carbons (Fsp3) is 0.950. The Morgan fingerprint density at radius 2 is 1.74 bits per heavy atom. The van der Waals surface area contributed by atoms with Crippen LogP contribution >= 0.6 is 0 Å². The molecule has 2 fully saturated rings. The highest BCUT2D eigenvalue weighted by Crippen LogP contribution is 2.39. The monoisotopic (exact) mass is 322 g/mol. The molecule has 134 valence electrons. The molecule has 1 saturated heterocycles. The Morgan fingerprint density at radius 3 is 2.22 bits per heavy atom. The SMILES string of the molecule is CCCCN(C(=O)CC(C)C1CC1)C1CC(C)(C)NC(C)(C)C1. The third-order valence-electron chi connectivity index (χ3n) is 5.61. The minimum absolute atomic E-state index is 0.0965. The van der Waals surface area contributed by atoms with Crippen molar-refractivity contribution in [2.75, 3.05) is 6.54 Å². The highest BCUT2D eigenvalue weighted by molar-refractivity contribution is 5.77. The van der Waals surface area contributed by atoms with E-state index in [9.17, 15) is 4.79 Å². The fourth-order valence-electron chi connectivity index (χ4n) is 4.55. The van der Waals surface area contributed by atoms with Crippen molar-refractivity contribution in [3.63, 3.8) is 0 Å². The maximum Gasteiger partial charge on any atom is 0.223 e. The Morgan fingerprint density at radius 1 is 1.17 bits per heavy atom. The van der Waals surface area contributed by atoms with E-state index in [1.807, 2.05) is 0 Å². The molecule has 1 amide bonds. The quantitative estimate of drug-likeness (QED) is 0.755. The number of amides is 1. The van der Waals surface area contributed by atoms with Gasteiger partial charge in [-0.1, -0.05) is 20.3 Å². The number of nitrogens with one attached hydrogen (secondary N) is 1. The predicted octanol–water partition coefficient (Wildman–Crippen LogP) is 4.36. The first-order valence-corrected chi connectivity index (χ1v) is 9.72. The molecular formula is C20H38N2O. The number of piperidine rings is 1. The zero-order valence-electron chi connectivity index (χ0n) is 16.2. The third-order valence-corrected chi connectivity index (χ3v) is 5.61. The smallest absolute Gasteiger partial charge is 0.223 e. The Bertz CT molecular complexity index is 396. The highest BCUT2D eigenvalue weighted by Gasteiger charge is 2.41. The molecule has 1 N–H and O–H groups in total. The molecule has 3 heteroatoms. The van der Waals surface area contributed by atoms with E-state index in [2.05, 4.69) is 51.8 Å². The lowest BCUT2D eigenvalue weighted by Crippen LogP contribution is -2.63. The van der Waals surface area contributed by atoms with Crippen LogP contribution in [0.5, 0.6) is 0 Å². The average Bonchev–Trinajstić information content (AvgIpc) is 3.19. The second kappa shape index (κ2) is 7.13. The minimum Gasteiger partial charge on any atom is -0.340 e. The minimum atomic E-state index is 0.0965. The van der Waals surface area contributed by atoms with E-state index < -0.39 is 0 Å². The number of unbranched alkanes of at least 4 members (excludes halogenated alkanes) is 1. The van der Waals surface area contributed by atoms with Crippen molar-refractivity contribution in [2.24, 2.45) is 11.8 Å². The largest absolute Gasteiger partial charge is 0.340 e. The number of hydrogen-bond donors (Lipinski definition) is 1. The lowest BCUT2D eigenvalue weighted by Gasteiger charge is -2.49. The molecule has 2 aliphatic rings. The Balaban J connectivity index is 2.07. The van der Waals surface area contributed by atoms with Crippen molar-refractivity contribution < 1.29 is 4.79 Å². The highest BCUT2D eigenvalue weighted by atomic mass is 16.2. The molecule has 0 aromatic carbocycles. The zero-order valence-corrected chi connectivity index (χ0v) is 16.2. The van der Waals surface area contributed by atoms with Crippen LogP contribution in [0.4, 0.5) is 0 Å². The summed E-state index contributed by atoms with van der Waals surface area (Å²) in [5.41, 5.74) is 0.193. The van der Waals surface area contributed by atoms with Crippen molar-refractivity contribution in [2.45, 2.75) is 104 Å². The van der Waals surface area contributed by atoms with Gasteiger partial charge in [0.15, 0.2) is 0 Å². The van der Waals surface area contributed by atoms with Gasteiger partial charge in [0, 0.05) is 30.1 Å². The standard InChI is InChI=1S/C20H38N2O/c1-7-8-11-22(18(23)12-15(2)16-9-10-16)17-13-19(3,4)21-20(5,6)14-17/h15-17,21H,7-14H2,1-6H3. The molecule has 0 spiro atoms. The summed E-state index contributed by atoms with van der Waals surface area (Å²) in [6, 6.07) is 0.381. The summed E-state index contributed by atoms with van der Waals surface area (Å²) in [7, 11) is 0. The van der Waals surface area contributed by atoms with Gasteiger partial charge in [0.1, 0.15) is 0 Å². The van der Waals surface area contributed by atoms with Gasteiger partial charge in [0.25, 0.3) is 0 Å². The summed E-state index contributed by atoms with van der Waals surface area (Å²) in [4.78, 5) is 15.3. The van der Waals surface area contributed by atoms with E-state index in [1.165, 1.54) is 12.8 Å². The molecule has 0 aromatic heterocycles. The molecule has 2 rings (SSSR count). The second-order valence-electron chi connectivity index (χ2n) is 9.41. The van der Waals surface area contributed by atoms with Crippen LogP contribution in [-0.2, 0) is 4.79 Å². The number of carbonyl (C=O) groups is 1.